The largest absolute Gasteiger partial charge is 0.374 e. The van der Waals surface area contributed by atoms with E-state index in [9.17, 15) is 4.39 Å². The lowest BCUT2D eigenvalue weighted by Gasteiger charge is -2.42. The monoisotopic (exact) mass is 188 g/mol. The zero-order chi connectivity index (χ0) is 10.3. The van der Waals surface area contributed by atoms with Crippen molar-refractivity contribution < 1.29 is 9.13 Å². The highest BCUT2D eigenvalue weighted by atomic mass is 19.1. The summed E-state index contributed by atoms with van der Waals surface area (Å²) in [5.41, 5.74) is -1.01. The van der Waals surface area contributed by atoms with E-state index in [0.717, 1.165) is 6.42 Å². The van der Waals surface area contributed by atoms with Gasteiger partial charge in [0.15, 0.2) is 0 Å². The van der Waals surface area contributed by atoms with Crippen LogP contribution in [0.25, 0.3) is 0 Å². The van der Waals surface area contributed by atoms with E-state index in [1.165, 1.54) is 0 Å². The van der Waals surface area contributed by atoms with Gasteiger partial charge in [-0.2, -0.15) is 0 Å². The Labute approximate surface area is 80.7 Å². The molecule has 0 spiro atoms. The van der Waals surface area contributed by atoms with Gasteiger partial charge in [-0.3, -0.25) is 0 Å². The topological polar surface area (TPSA) is 9.23 Å². The molecule has 0 aromatic carbocycles. The van der Waals surface area contributed by atoms with Gasteiger partial charge >= 0.3 is 0 Å². The van der Waals surface area contributed by atoms with Crippen LogP contribution in [-0.2, 0) is 4.74 Å². The first-order valence-electron chi connectivity index (χ1n) is 5.04. The van der Waals surface area contributed by atoms with Gasteiger partial charge in [-0.25, -0.2) is 4.39 Å². The third-order valence-corrected chi connectivity index (χ3v) is 3.13. The Balaban J connectivity index is 2.61. The van der Waals surface area contributed by atoms with Crippen molar-refractivity contribution in [3.05, 3.63) is 0 Å². The fourth-order valence-electron chi connectivity index (χ4n) is 1.64. The maximum absolute atomic E-state index is 13.7. The van der Waals surface area contributed by atoms with Gasteiger partial charge in [-0.05, 0) is 24.7 Å². The summed E-state index contributed by atoms with van der Waals surface area (Å²) in [6.07, 6.45) is 1.03. The predicted octanol–water partition coefficient (Wildman–Crippen LogP) is 3.19. The lowest BCUT2D eigenvalue weighted by atomic mass is 9.77. The molecule has 1 heterocycles. The van der Waals surface area contributed by atoms with Gasteiger partial charge < -0.3 is 4.74 Å². The lowest BCUT2D eigenvalue weighted by molar-refractivity contribution is -0.134. The minimum Gasteiger partial charge on any atom is -0.374 e. The summed E-state index contributed by atoms with van der Waals surface area (Å²) in [7, 11) is 0. The minimum absolute atomic E-state index is 0.102. The van der Waals surface area contributed by atoms with Gasteiger partial charge in [0.25, 0.3) is 0 Å². The highest BCUT2D eigenvalue weighted by Crippen LogP contribution is 2.38. The third-order valence-electron chi connectivity index (χ3n) is 3.13. The van der Waals surface area contributed by atoms with Crippen molar-refractivity contribution in [1.29, 1.82) is 0 Å². The molecular weight excluding hydrogens is 167 g/mol. The van der Waals surface area contributed by atoms with Crippen LogP contribution in [0.1, 0.15) is 41.0 Å². The molecule has 0 bridgehead atoms. The minimum atomic E-state index is -1.14. The molecule has 1 nitrogen and oxygen atoms in total. The van der Waals surface area contributed by atoms with Gasteiger partial charge in [0.2, 0.25) is 0 Å². The number of ether oxygens (including phenoxy) is 1. The van der Waals surface area contributed by atoms with Crippen molar-refractivity contribution in [2.45, 2.75) is 52.8 Å². The summed E-state index contributed by atoms with van der Waals surface area (Å²) in [5, 5.41) is 0. The standard InChI is InChI=1S/C11H21FO/c1-8-6-9(10(2,3)4)13-7-11(8,5)12/h8-9H,6-7H2,1-5H3. The molecule has 0 aromatic rings. The molecule has 0 saturated carbocycles. The van der Waals surface area contributed by atoms with Gasteiger partial charge in [0.1, 0.15) is 5.67 Å². The summed E-state index contributed by atoms with van der Waals surface area (Å²) in [5.74, 6) is 0.102. The van der Waals surface area contributed by atoms with Crippen molar-refractivity contribution in [1.82, 2.24) is 0 Å². The van der Waals surface area contributed by atoms with E-state index in [2.05, 4.69) is 20.8 Å². The van der Waals surface area contributed by atoms with Crippen LogP contribution in [0.3, 0.4) is 0 Å². The van der Waals surface area contributed by atoms with E-state index in [0.29, 0.717) is 0 Å². The van der Waals surface area contributed by atoms with Gasteiger partial charge in [0, 0.05) is 0 Å². The Morgan fingerprint density at radius 1 is 1.38 bits per heavy atom. The summed E-state index contributed by atoms with van der Waals surface area (Å²) in [6.45, 7) is 10.3. The second-order valence-electron chi connectivity index (χ2n) is 5.58. The van der Waals surface area contributed by atoms with Crippen LogP contribution in [0.4, 0.5) is 4.39 Å². The van der Waals surface area contributed by atoms with Crippen LogP contribution < -0.4 is 0 Å². The van der Waals surface area contributed by atoms with Crippen molar-refractivity contribution in [3.63, 3.8) is 0 Å². The molecular formula is C11H21FO. The van der Waals surface area contributed by atoms with E-state index in [4.69, 9.17) is 4.74 Å². The van der Waals surface area contributed by atoms with Gasteiger partial charge in [-0.15, -0.1) is 0 Å². The Morgan fingerprint density at radius 3 is 2.31 bits per heavy atom. The normalized spacial score (nSPS) is 42.0. The van der Waals surface area contributed by atoms with Crippen molar-refractivity contribution in [3.8, 4) is 0 Å². The summed E-state index contributed by atoms with van der Waals surface area (Å²) < 4.78 is 19.3. The molecule has 0 radical (unpaired) electrons. The fraction of sp³-hybridized carbons (Fsp3) is 1.00. The Morgan fingerprint density at radius 2 is 1.92 bits per heavy atom. The molecule has 2 heteroatoms. The molecule has 1 aliphatic rings. The number of halogens is 1. The molecule has 0 amide bonds. The highest BCUT2D eigenvalue weighted by Gasteiger charge is 2.41. The zero-order valence-corrected chi connectivity index (χ0v) is 9.36. The van der Waals surface area contributed by atoms with E-state index in [-0.39, 0.29) is 24.0 Å². The van der Waals surface area contributed by atoms with Crippen LogP contribution in [0.2, 0.25) is 0 Å². The molecule has 3 unspecified atom stereocenters. The third kappa shape index (κ3) is 2.43. The maximum atomic E-state index is 13.7. The molecule has 0 aliphatic carbocycles. The SMILES string of the molecule is CC1CC(C(C)(C)C)OCC1(C)F. The Hall–Kier alpha value is -0.110. The smallest absolute Gasteiger partial charge is 0.134 e. The lowest BCUT2D eigenvalue weighted by Crippen LogP contribution is -2.46. The van der Waals surface area contributed by atoms with Crippen molar-refractivity contribution in [2.75, 3.05) is 6.61 Å². The summed E-state index contributed by atoms with van der Waals surface area (Å²) in [6, 6.07) is 0. The zero-order valence-electron chi connectivity index (χ0n) is 9.36. The second kappa shape index (κ2) is 3.23. The Kier molecular flexibility index (Phi) is 2.73. The number of hydrogen-bond donors (Lipinski definition) is 0. The van der Waals surface area contributed by atoms with Crippen LogP contribution in [0.5, 0.6) is 0 Å². The molecule has 1 fully saturated rings. The highest BCUT2D eigenvalue weighted by molar-refractivity contribution is 4.90. The first kappa shape index (κ1) is 11.0. The van der Waals surface area contributed by atoms with Crippen LogP contribution in [-0.4, -0.2) is 18.4 Å². The summed E-state index contributed by atoms with van der Waals surface area (Å²) >= 11 is 0. The molecule has 78 valence electrons. The van der Waals surface area contributed by atoms with Crippen LogP contribution >= 0.6 is 0 Å². The van der Waals surface area contributed by atoms with Gasteiger partial charge in [-0.1, -0.05) is 27.7 Å². The first-order chi connectivity index (χ1) is 5.73. The average Bonchev–Trinajstić information content (AvgIpc) is 1.92. The van der Waals surface area contributed by atoms with E-state index in [1.807, 2.05) is 6.92 Å². The predicted molar refractivity (Wildman–Crippen MR) is 52.5 cm³/mol. The van der Waals surface area contributed by atoms with Crippen LogP contribution in [0, 0.1) is 11.3 Å². The van der Waals surface area contributed by atoms with Gasteiger partial charge in [0.05, 0.1) is 12.7 Å². The number of rotatable bonds is 0. The number of alkyl halides is 1. The number of hydrogen-bond acceptors (Lipinski definition) is 1. The molecule has 1 saturated heterocycles. The molecule has 0 N–H and O–H groups in total. The summed E-state index contributed by atoms with van der Waals surface area (Å²) in [4.78, 5) is 0. The molecule has 0 aromatic heterocycles. The quantitative estimate of drug-likeness (QED) is 0.567. The molecule has 1 rings (SSSR count). The van der Waals surface area contributed by atoms with E-state index in [1.54, 1.807) is 6.92 Å². The molecule has 1 aliphatic heterocycles. The van der Waals surface area contributed by atoms with Crippen LogP contribution in [0.15, 0.2) is 0 Å². The van der Waals surface area contributed by atoms with E-state index < -0.39 is 5.67 Å². The first-order valence-corrected chi connectivity index (χ1v) is 5.04. The average molecular weight is 188 g/mol. The molecule has 13 heavy (non-hydrogen) atoms. The maximum Gasteiger partial charge on any atom is 0.134 e. The fourth-order valence-corrected chi connectivity index (χ4v) is 1.64. The second-order valence-corrected chi connectivity index (χ2v) is 5.58. The van der Waals surface area contributed by atoms with Crippen molar-refractivity contribution in [2.24, 2.45) is 11.3 Å². The molecule has 3 atom stereocenters. The Bertz CT molecular complexity index is 181. The van der Waals surface area contributed by atoms with E-state index >= 15 is 0 Å². The van der Waals surface area contributed by atoms with Crippen molar-refractivity contribution >= 4 is 0 Å².